The largest absolute Gasteiger partial charge is 0.379 e. The van der Waals surface area contributed by atoms with Crippen LogP contribution in [0.2, 0.25) is 0 Å². The third-order valence-corrected chi connectivity index (χ3v) is 6.33. The Morgan fingerprint density at radius 3 is 2.48 bits per heavy atom. The van der Waals surface area contributed by atoms with Gasteiger partial charge >= 0.3 is 0 Å². The summed E-state index contributed by atoms with van der Waals surface area (Å²) >= 11 is 0. The van der Waals surface area contributed by atoms with Gasteiger partial charge in [0.2, 0.25) is 10.0 Å². The Labute approximate surface area is 158 Å². The first kappa shape index (κ1) is 19.5. The highest BCUT2D eigenvalue weighted by atomic mass is 32.2. The van der Waals surface area contributed by atoms with E-state index in [1.54, 1.807) is 6.07 Å². The molecule has 144 valence electrons. The summed E-state index contributed by atoms with van der Waals surface area (Å²) in [5.41, 5.74) is 2.63. The van der Waals surface area contributed by atoms with Gasteiger partial charge in [-0.15, -0.1) is 0 Å². The van der Waals surface area contributed by atoms with Gasteiger partial charge in [0.05, 0.1) is 13.2 Å². The van der Waals surface area contributed by atoms with Crippen LogP contribution in [0.4, 0.5) is 10.1 Å². The van der Waals surface area contributed by atoms with Crippen LogP contribution in [-0.4, -0.2) is 44.9 Å². The molecule has 0 aromatic heterocycles. The molecule has 0 radical (unpaired) electrons. The van der Waals surface area contributed by atoms with E-state index in [0.29, 0.717) is 5.69 Å². The number of halogens is 1. The number of morpholine rings is 1. The molecule has 2 aromatic rings. The fourth-order valence-corrected chi connectivity index (χ4v) is 4.41. The first-order chi connectivity index (χ1) is 12.8. The van der Waals surface area contributed by atoms with Gasteiger partial charge in [0.1, 0.15) is 10.7 Å². The summed E-state index contributed by atoms with van der Waals surface area (Å²) in [6.07, 6.45) is 0. The van der Waals surface area contributed by atoms with E-state index in [1.165, 1.54) is 10.4 Å². The van der Waals surface area contributed by atoms with E-state index < -0.39 is 26.6 Å². The number of rotatable bonds is 4. The summed E-state index contributed by atoms with van der Waals surface area (Å²) in [6.45, 7) is 4.63. The SMILES string of the molecule is Cc1ccc(NC(=O)c2ccc(F)c(S(=O)(=O)N3CCOCC3)c2)c(C)c1. The van der Waals surface area contributed by atoms with E-state index in [9.17, 15) is 17.6 Å². The van der Waals surface area contributed by atoms with Gasteiger partial charge in [0.25, 0.3) is 5.91 Å². The fraction of sp³-hybridized carbons (Fsp3) is 0.316. The quantitative estimate of drug-likeness (QED) is 0.868. The minimum atomic E-state index is -4.04. The van der Waals surface area contributed by atoms with Crippen molar-refractivity contribution >= 4 is 21.6 Å². The average molecular weight is 392 g/mol. The smallest absolute Gasteiger partial charge is 0.255 e. The Hall–Kier alpha value is -2.29. The number of carbonyl (C=O) groups excluding carboxylic acids is 1. The summed E-state index contributed by atoms with van der Waals surface area (Å²) in [6, 6.07) is 8.92. The van der Waals surface area contributed by atoms with Crippen LogP contribution in [0.15, 0.2) is 41.3 Å². The molecule has 1 fully saturated rings. The molecule has 1 N–H and O–H groups in total. The number of ether oxygens (including phenoxy) is 1. The zero-order valence-corrected chi connectivity index (χ0v) is 16.0. The van der Waals surface area contributed by atoms with Crippen molar-refractivity contribution in [2.45, 2.75) is 18.7 Å². The molecular weight excluding hydrogens is 371 g/mol. The second-order valence-corrected chi connectivity index (χ2v) is 8.34. The van der Waals surface area contributed by atoms with Gasteiger partial charge in [-0.3, -0.25) is 4.79 Å². The predicted octanol–water partition coefficient (Wildman–Crippen LogP) is 2.72. The van der Waals surface area contributed by atoms with Gasteiger partial charge in [-0.2, -0.15) is 4.31 Å². The number of nitrogens with zero attached hydrogens (tertiary/aromatic N) is 1. The van der Waals surface area contributed by atoms with Gasteiger partial charge in [-0.25, -0.2) is 12.8 Å². The molecule has 0 aliphatic carbocycles. The van der Waals surface area contributed by atoms with Gasteiger partial charge < -0.3 is 10.1 Å². The first-order valence-electron chi connectivity index (χ1n) is 8.55. The second kappa shape index (κ2) is 7.75. The lowest BCUT2D eigenvalue weighted by Crippen LogP contribution is -2.41. The molecule has 1 aliphatic rings. The van der Waals surface area contributed by atoms with E-state index in [2.05, 4.69) is 5.32 Å². The van der Waals surface area contributed by atoms with Crippen LogP contribution in [0.25, 0.3) is 0 Å². The number of hydrogen-bond donors (Lipinski definition) is 1. The number of aryl methyl sites for hydroxylation is 2. The molecule has 0 spiro atoms. The number of benzene rings is 2. The van der Waals surface area contributed by atoms with E-state index in [1.807, 2.05) is 26.0 Å². The van der Waals surface area contributed by atoms with Crippen molar-refractivity contribution in [3.8, 4) is 0 Å². The predicted molar refractivity (Wildman–Crippen MR) is 99.8 cm³/mol. The van der Waals surface area contributed by atoms with Crippen LogP contribution in [0.5, 0.6) is 0 Å². The van der Waals surface area contributed by atoms with Gasteiger partial charge in [0.15, 0.2) is 0 Å². The highest BCUT2D eigenvalue weighted by molar-refractivity contribution is 7.89. The molecular formula is C19H21FN2O4S. The van der Waals surface area contributed by atoms with Crippen molar-refractivity contribution in [3.63, 3.8) is 0 Å². The first-order valence-corrected chi connectivity index (χ1v) is 9.99. The molecule has 2 aromatic carbocycles. The second-order valence-electron chi connectivity index (χ2n) is 6.43. The molecule has 1 heterocycles. The lowest BCUT2D eigenvalue weighted by molar-refractivity contribution is 0.0729. The molecule has 0 unspecified atom stereocenters. The third-order valence-electron chi connectivity index (χ3n) is 4.41. The summed E-state index contributed by atoms with van der Waals surface area (Å²) in [4.78, 5) is 12.1. The monoisotopic (exact) mass is 392 g/mol. The van der Waals surface area contributed by atoms with Crippen LogP contribution < -0.4 is 5.32 Å². The van der Waals surface area contributed by atoms with Crippen LogP contribution >= 0.6 is 0 Å². The maximum Gasteiger partial charge on any atom is 0.255 e. The summed E-state index contributed by atoms with van der Waals surface area (Å²) < 4.78 is 46.0. The number of carbonyl (C=O) groups is 1. The summed E-state index contributed by atoms with van der Waals surface area (Å²) in [7, 11) is -4.04. The zero-order valence-electron chi connectivity index (χ0n) is 15.2. The van der Waals surface area contributed by atoms with Crippen LogP contribution in [0.1, 0.15) is 21.5 Å². The van der Waals surface area contributed by atoms with E-state index >= 15 is 0 Å². The maximum absolute atomic E-state index is 14.3. The van der Waals surface area contributed by atoms with Crippen molar-refractivity contribution in [2.75, 3.05) is 31.6 Å². The lowest BCUT2D eigenvalue weighted by Gasteiger charge is -2.26. The molecule has 1 aliphatic heterocycles. The normalized spacial score (nSPS) is 15.5. The molecule has 0 bridgehead atoms. The Balaban J connectivity index is 1.89. The molecule has 8 heteroatoms. The number of amides is 1. The van der Waals surface area contributed by atoms with Crippen molar-refractivity contribution in [1.82, 2.24) is 4.31 Å². The molecule has 1 amide bonds. The Morgan fingerprint density at radius 1 is 1.11 bits per heavy atom. The minimum Gasteiger partial charge on any atom is -0.379 e. The number of sulfonamides is 1. The van der Waals surface area contributed by atoms with E-state index in [0.717, 1.165) is 23.3 Å². The average Bonchev–Trinajstić information content (AvgIpc) is 2.65. The molecule has 3 rings (SSSR count). The van der Waals surface area contributed by atoms with Crippen molar-refractivity contribution in [1.29, 1.82) is 0 Å². The lowest BCUT2D eigenvalue weighted by atomic mass is 10.1. The van der Waals surface area contributed by atoms with Gasteiger partial charge in [-0.1, -0.05) is 17.7 Å². The number of anilines is 1. The molecule has 27 heavy (non-hydrogen) atoms. The zero-order chi connectivity index (χ0) is 19.6. The van der Waals surface area contributed by atoms with Crippen LogP contribution in [0, 0.1) is 19.7 Å². The Bertz CT molecular complexity index is 970. The van der Waals surface area contributed by atoms with Crippen LogP contribution in [0.3, 0.4) is 0 Å². The highest BCUT2D eigenvalue weighted by Gasteiger charge is 2.29. The molecule has 6 nitrogen and oxygen atoms in total. The number of hydrogen-bond acceptors (Lipinski definition) is 4. The third kappa shape index (κ3) is 4.18. The summed E-state index contributed by atoms with van der Waals surface area (Å²) in [5, 5.41) is 2.74. The van der Waals surface area contributed by atoms with Crippen molar-refractivity contribution in [3.05, 3.63) is 58.9 Å². The number of nitrogens with one attached hydrogen (secondary N) is 1. The summed E-state index contributed by atoms with van der Waals surface area (Å²) in [5.74, 6) is -1.38. The minimum absolute atomic E-state index is 0.0724. The Morgan fingerprint density at radius 2 is 1.81 bits per heavy atom. The fourth-order valence-electron chi connectivity index (χ4n) is 2.92. The highest BCUT2D eigenvalue weighted by Crippen LogP contribution is 2.23. The Kier molecular flexibility index (Phi) is 5.59. The van der Waals surface area contributed by atoms with Crippen molar-refractivity contribution in [2.24, 2.45) is 0 Å². The van der Waals surface area contributed by atoms with Crippen LogP contribution in [-0.2, 0) is 14.8 Å². The van der Waals surface area contributed by atoms with Gasteiger partial charge in [-0.05, 0) is 43.7 Å². The van der Waals surface area contributed by atoms with Gasteiger partial charge in [0, 0.05) is 24.3 Å². The topological polar surface area (TPSA) is 75.7 Å². The standard InChI is InChI=1S/C19H21FN2O4S/c1-13-3-6-17(14(2)11-13)21-19(23)15-4-5-16(20)18(12-15)27(24,25)22-7-9-26-10-8-22/h3-6,11-12H,7-10H2,1-2H3,(H,21,23). The van der Waals surface area contributed by atoms with Crippen molar-refractivity contribution < 1.29 is 22.3 Å². The maximum atomic E-state index is 14.3. The van der Waals surface area contributed by atoms with E-state index in [-0.39, 0.29) is 31.9 Å². The molecule has 0 saturated carbocycles. The van der Waals surface area contributed by atoms with E-state index in [4.69, 9.17) is 4.74 Å². The molecule has 0 atom stereocenters. The molecule has 1 saturated heterocycles.